The average molecular weight is 344 g/mol. The Kier molecular flexibility index (Phi) is 4.97. The third-order valence-electron chi connectivity index (χ3n) is 4.08. The van der Waals surface area contributed by atoms with Crippen LogP contribution in [0.3, 0.4) is 0 Å². The molecule has 3 rings (SSSR count). The van der Waals surface area contributed by atoms with Gasteiger partial charge in [-0.05, 0) is 42.8 Å². The number of amides is 1. The molecule has 0 spiro atoms. The molecule has 2 aromatic carbocycles. The lowest BCUT2D eigenvalue weighted by Crippen LogP contribution is -2.24. The second-order valence-corrected chi connectivity index (χ2v) is 7.94. The van der Waals surface area contributed by atoms with Gasteiger partial charge < -0.3 is 10.6 Å². The van der Waals surface area contributed by atoms with Crippen LogP contribution >= 0.6 is 0 Å². The number of hydrogen-bond acceptors (Lipinski definition) is 4. The minimum Gasteiger partial charge on any atom is -0.326 e. The van der Waals surface area contributed by atoms with Gasteiger partial charge in [-0.3, -0.25) is 4.79 Å². The van der Waals surface area contributed by atoms with Crippen molar-refractivity contribution >= 4 is 21.4 Å². The molecule has 1 unspecified atom stereocenters. The molecule has 1 amide bonds. The minimum atomic E-state index is -3.40. The molecule has 6 heteroatoms. The van der Waals surface area contributed by atoms with Gasteiger partial charge in [0, 0.05) is 12.2 Å². The zero-order chi connectivity index (χ0) is 17.0. The molecule has 0 saturated carbocycles. The number of carbonyl (C=O) groups excluding carboxylic acids is 1. The summed E-state index contributed by atoms with van der Waals surface area (Å²) in [6.07, 6.45) is 0.827. The Labute approximate surface area is 142 Å². The van der Waals surface area contributed by atoms with Crippen LogP contribution in [-0.4, -0.2) is 27.4 Å². The first-order valence-corrected chi connectivity index (χ1v) is 9.58. The molecule has 2 aromatic rings. The van der Waals surface area contributed by atoms with Gasteiger partial charge in [0.05, 0.1) is 16.6 Å². The number of benzene rings is 2. The van der Waals surface area contributed by atoms with E-state index < -0.39 is 9.84 Å². The first-order chi connectivity index (χ1) is 11.5. The fourth-order valence-corrected chi connectivity index (χ4v) is 4.15. The molecule has 0 radical (unpaired) electrons. The first-order valence-electron chi connectivity index (χ1n) is 7.93. The molecule has 24 heavy (non-hydrogen) atoms. The summed E-state index contributed by atoms with van der Waals surface area (Å²) in [4.78, 5) is 12.5. The summed E-state index contributed by atoms with van der Waals surface area (Å²) < 4.78 is 24.9. The van der Waals surface area contributed by atoms with Gasteiger partial charge in [0.2, 0.25) is 5.91 Å². The molecule has 5 nitrogen and oxygen atoms in total. The molecule has 2 N–H and O–H groups in total. The molecule has 0 bridgehead atoms. The monoisotopic (exact) mass is 344 g/mol. The Morgan fingerprint density at radius 1 is 1.12 bits per heavy atom. The Balaban J connectivity index is 1.72. The predicted molar refractivity (Wildman–Crippen MR) is 93.4 cm³/mol. The van der Waals surface area contributed by atoms with Crippen molar-refractivity contribution in [1.82, 2.24) is 5.32 Å². The van der Waals surface area contributed by atoms with E-state index in [1.54, 1.807) is 54.6 Å². The molecule has 1 aliphatic rings. The van der Waals surface area contributed by atoms with Crippen molar-refractivity contribution < 1.29 is 13.2 Å². The lowest BCUT2D eigenvalue weighted by Gasteiger charge is -2.11. The second-order valence-electron chi connectivity index (χ2n) is 5.95. The molecule has 0 aliphatic carbocycles. The summed E-state index contributed by atoms with van der Waals surface area (Å²) in [5.41, 5.74) is 1.29. The highest BCUT2D eigenvalue weighted by molar-refractivity contribution is 7.90. The SMILES string of the molecule is O=C(Nc1cccc(CS(=O)(=O)c2ccccc2)c1)C1CCNC1. The van der Waals surface area contributed by atoms with Crippen LogP contribution < -0.4 is 10.6 Å². The van der Waals surface area contributed by atoms with E-state index in [1.165, 1.54) is 0 Å². The molecule has 1 fully saturated rings. The van der Waals surface area contributed by atoms with Crippen molar-refractivity contribution in [2.75, 3.05) is 18.4 Å². The lowest BCUT2D eigenvalue weighted by atomic mass is 10.1. The quantitative estimate of drug-likeness (QED) is 0.872. The molecular formula is C18H20N2O3S. The number of carbonyl (C=O) groups is 1. The molecule has 0 aromatic heterocycles. The standard InChI is InChI=1S/C18H20N2O3S/c21-18(15-9-10-19-12-15)20-16-6-4-5-14(11-16)13-24(22,23)17-7-2-1-3-8-17/h1-8,11,15,19H,9-10,12-13H2,(H,20,21). The van der Waals surface area contributed by atoms with Crippen LogP contribution in [0, 0.1) is 5.92 Å². The summed E-state index contributed by atoms with van der Waals surface area (Å²) in [5, 5.41) is 6.04. The Bertz CT molecular complexity index is 813. The van der Waals surface area contributed by atoms with E-state index in [2.05, 4.69) is 10.6 Å². The van der Waals surface area contributed by atoms with E-state index in [-0.39, 0.29) is 17.6 Å². The van der Waals surface area contributed by atoms with Gasteiger partial charge in [-0.2, -0.15) is 0 Å². The van der Waals surface area contributed by atoms with E-state index in [0.29, 0.717) is 22.7 Å². The van der Waals surface area contributed by atoms with E-state index >= 15 is 0 Å². The van der Waals surface area contributed by atoms with Crippen LogP contribution in [-0.2, 0) is 20.4 Å². The maximum Gasteiger partial charge on any atom is 0.228 e. The minimum absolute atomic E-state index is 0.0249. The maximum atomic E-state index is 12.4. The van der Waals surface area contributed by atoms with E-state index in [9.17, 15) is 13.2 Å². The van der Waals surface area contributed by atoms with Gasteiger partial charge in [0.1, 0.15) is 0 Å². The first kappa shape index (κ1) is 16.7. The Hall–Kier alpha value is -2.18. The van der Waals surface area contributed by atoms with E-state index in [4.69, 9.17) is 0 Å². The van der Waals surface area contributed by atoms with Crippen molar-refractivity contribution in [2.45, 2.75) is 17.1 Å². The number of rotatable bonds is 5. The fraction of sp³-hybridized carbons (Fsp3) is 0.278. The summed E-state index contributed by atoms with van der Waals surface area (Å²) in [6.45, 7) is 1.54. The normalized spacial score (nSPS) is 17.6. The largest absolute Gasteiger partial charge is 0.326 e. The lowest BCUT2D eigenvalue weighted by molar-refractivity contribution is -0.119. The highest BCUT2D eigenvalue weighted by atomic mass is 32.2. The van der Waals surface area contributed by atoms with E-state index in [0.717, 1.165) is 13.0 Å². The van der Waals surface area contributed by atoms with Crippen molar-refractivity contribution in [1.29, 1.82) is 0 Å². The van der Waals surface area contributed by atoms with Gasteiger partial charge in [0.15, 0.2) is 9.84 Å². The molecular weight excluding hydrogens is 324 g/mol. The smallest absolute Gasteiger partial charge is 0.228 e. The van der Waals surface area contributed by atoms with Crippen LogP contribution in [0.4, 0.5) is 5.69 Å². The molecule has 1 saturated heterocycles. The molecule has 1 aliphatic heterocycles. The highest BCUT2D eigenvalue weighted by Gasteiger charge is 2.22. The van der Waals surface area contributed by atoms with E-state index in [1.807, 2.05) is 0 Å². The summed E-state index contributed by atoms with van der Waals surface area (Å²) in [5.74, 6) is -0.143. The topological polar surface area (TPSA) is 75.3 Å². The van der Waals surface area contributed by atoms with Gasteiger partial charge in [0.25, 0.3) is 0 Å². The zero-order valence-electron chi connectivity index (χ0n) is 13.2. The van der Waals surface area contributed by atoms with Crippen LogP contribution in [0.5, 0.6) is 0 Å². The van der Waals surface area contributed by atoms with Crippen molar-refractivity contribution in [3.8, 4) is 0 Å². The average Bonchev–Trinajstić information content (AvgIpc) is 3.10. The summed E-state index contributed by atoms with van der Waals surface area (Å²) in [7, 11) is -3.40. The van der Waals surface area contributed by atoms with Crippen molar-refractivity contribution in [2.24, 2.45) is 5.92 Å². The number of nitrogens with one attached hydrogen (secondary N) is 2. The van der Waals surface area contributed by atoms with Crippen molar-refractivity contribution in [3.63, 3.8) is 0 Å². The van der Waals surface area contributed by atoms with Gasteiger partial charge in [-0.1, -0.05) is 30.3 Å². The molecule has 1 heterocycles. The fourth-order valence-electron chi connectivity index (χ4n) is 2.79. The number of anilines is 1. The maximum absolute atomic E-state index is 12.4. The molecule has 1 atom stereocenters. The highest BCUT2D eigenvalue weighted by Crippen LogP contribution is 2.19. The van der Waals surface area contributed by atoms with Gasteiger partial charge in [-0.25, -0.2) is 8.42 Å². The predicted octanol–water partition coefficient (Wildman–Crippen LogP) is 2.21. The number of sulfone groups is 1. The molecule has 126 valence electrons. The van der Waals surface area contributed by atoms with Crippen LogP contribution in [0.1, 0.15) is 12.0 Å². The second kappa shape index (κ2) is 7.15. The Morgan fingerprint density at radius 3 is 2.62 bits per heavy atom. The van der Waals surface area contributed by atoms with Crippen LogP contribution in [0.25, 0.3) is 0 Å². The Morgan fingerprint density at radius 2 is 1.92 bits per heavy atom. The zero-order valence-corrected chi connectivity index (χ0v) is 14.1. The summed E-state index contributed by atoms with van der Waals surface area (Å²) >= 11 is 0. The van der Waals surface area contributed by atoms with Crippen LogP contribution in [0.15, 0.2) is 59.5 Å². The van der Waals surface area contributed by atoms with Gasteiger partial charge in [-0.15, -0.1) is 0 Å². The third kappa shape index (κ3) is 4.01. The summed E-state index contributed by atoms with van der Waals surface area (Å²) in [6, 6.07) is 15.4. The van der Waals surface area contributed by atoms with Crippen LogP contribution in [0.2, 0.25) is 0 Å². The van der Waals surface area contributed by atoms with Gasteiger partial charge >= 0.3 is 0 Å². The number of hydrogen-bond donors (Lipinski definition) is 2. The van der Waals surface area contributed by atoms with Crippen molar-refractivity contribution in [3.05, 3.63) is 60.2 Å². The third-order valence-corrected chi connectivity index (χ3v) is 5.79.